The lowest BCUT2D eigenvalue weighted by Gasteiger charge is -2.27. The topological polar surface area (TPSA) is 46.3 Å². The van der Waals surface area contributed by atoms with Crippen LogP contribution >= 0.6 is 0 Å². The van der Waals surface area contributed by atoms with Crippen LogP contribution in [0.5, 0.6) is 0 Å². The van der Waals surface area contributed by atoms with Crippen LogP contribution in [-0.2, 0) is 10.2 Å². The third-order valence-electron chi connectivity index (χ3n) is 4.72. The van der Waals surface area contributed by atoms with Gasteiger partial charge in [-0.2, -0.15) is 0 Å². The van der Waals surface area contributed by atoms with Crippen molar-refractivity contribution in [2.75, 3.05) is 13.1 Å². The first-order valence-corrected chi connectivity index (χ1v) is 7.72. The molecule has 1 fully saturated rings. The fraction of sp³-hybridized carbons (Fsp3) is 0.588. The Morgan fingerprint density at radius 1 is 1.30 bits per heavy atom. The minimum Gasteiger partial charge on any atom is -0.342 e. The van der Waals surface area contributed by atoms with Crippen molar-refractivity contribution in [3.63, 3.8) is 0 Å². The van der Waals surface area contributed by atoms with Crippen LogP contribution in [0.4, 0.5) is 0 Å². The van der Waals surface area contributed by atoms with Crippen molar-refractivity contribution in [1.82, 2.24) is 4.90 Å². The van der Waals surface area contributed by atoms with Gasteiger partial charge in [-0.25, -0.2) is 0 Å². The Hall–Kier alpha value is -1.35. The second kappa shape index (κ2) is 5.96. The predicted molar refractivity (Wildman–Crippen MR) is 82.4 cm³/mol. The highest BCUT2D eigenvalue weighted by Crippen LogP contribution is 2.57. The summed E-state index contributed by atoms with van der Waals surface area (Å²) in [7, 11) is 0. The van der Waals surface area contributed by atoms with Gasteiger partial charge in [-0.15, -0.1) is 0 Å². The highest BCUT2D eigenvalue weighted by atomic mass is 16.2. The molecule has 3 atom stereocenters. The van der Waals surface area contributed by atoms with Crippen molar-refractivity contribution < 1.29 is 4.79 Å². The Labute approximate surface area is 122 Å². The predicted octanol–water partition coefficient (Wildman–Crippen LogP) is 2.55. The quantitative estimate of drug-likeness (QED) is 0.866. The van der Waals surface area contributed by atoms with E-state index in [4.69, 9.17) is 5.73 Å². The van der Waals surface area contributed by atoms with Gasteiger partial charge in [0.2, 0.25) is 5.91 Å². The van der Waals surface area contributed by atoms with E-state index in [1.54, 1.807) is 0 Å². The highest BCUT2D eigenvalue weighted by molar-refractivity contribution is 5.92. The molecule has 0 heterocycles. The van der Waals surface area contributed by atoms with E-state index >= 15 is 0 Å². The molecule has 1 aliphatic carbocycles. The summed E-state index contributed by atoms with van der Waals surface area (Å²) in [5.41, 5.74) is 7.00. The minimum atomic E-state index is -0.372. The number of carbonyl (C=O) groups excluding carboxylic acids is 1. The molecule has 0 spiro atoms. The average molecular weight is 274 g/mol. The number of amides is 1. The molecular weight excluding hydrogens is 248 g/mol. The van der Waals surface area contributed by atoms with Crippen LogP contribution in [0.2, 0.25) is 0 Å². The molecule has 3 nitrogen and oxygen atoms in total. The molecule has 2 rings (SSSR count). The van der Waals surface area contributed by atoms with Crippen LogP contribution in [0, 0.1) is 5.92 Å². The monoisotopic (exact) mass is 274 g/mol. The van der Waals surface area contributed by atoms with E-state index in [1.165, 1.54) is 0 Å². The SMILES string of the molecule is CCC(N)C1CC1(C(=O)N(CC)CC)c1ccccc1. The number of nitrogens with zero attached hydrogens (tertiary/aromatic N) is 1. The summed E-state index contributed by atoms with van der Waals surface area (Å²) in [6.45, 7) is 7.70. The van der Waals surface area contributed by atoms with E-state index in [9.17, 15) is 4.79 Å². The molecule has 1 aromatic rings. The van der Waals surface area contributed by atoms with Crippen molar-refractivity contribution in [2.24, 2.45) is 11.7 Å². The lowest BCUT2D eigenvalue weighted by molar-refractivity contribution is -0.134. The van der Waals surface area contributed by atoms with E-state index in [2.05, 4.69) is 19.1 Å². The smallest absolute Gasteiger partial charge is 0.233 e. The van der Waals surface area contributed by atoms with Crippen molar-refractivity contribution in [1.29, 1.82) is 0 Å². The van der Waals surface area contributed by atoms with E-state index in [-0.39, 0.29) is 23.3 Å². The highest BCUT2D eigenvalue weighted by Gasteiger charge is 2.63. The maximum Gasteiger partial charge on any atom is 0.233 e. The molecule has 2 N–H and O–H groups in total. The molecule has 1 aliphatic rings. The molecule has 1 aromatic carbocycles. The first-order valence-electron chi connectivity index (χ1n) is 7.72. The number of hydrogen-bond donors (Lipinski definition) is 1. The zero-order valence-electron chi connectivity index (χ0n) is 12.8. The number of carbonyl (C=O) groups is 1. The molecular formula is C17H26N2O. The van der Waals surface area contributed by atoms with E-state index in [1.807, 2.05) is 36.9 Å². The van der Waals surface area contributed by atoms with Crippen LogP contribution in [0.25, 0.3) is 0 Å². The van der Waals surface area contributed by atoms with Crippen LogP contribution in [0.3, 0.4) is 0 Å². The first-order chi connectivity index (χ1) is 9.61. The van der Waals surface area contributed by atoms with Gasteiger partial charge < -0.3 is 10.6 Å². The lowest BCUT2D eigenvalue weighted by Crippen LogP contribution is -2.42. The number of rotatable bonds is 6. The summed E-state index contributed by atoms with van der Waals surface area (Å²) < 4.78 is 0. The van der Waals surface area contributed by atoms with E-state index in [0.717, 1.165) is 31.5 Å². The average Bonchev–Trinajstić information content (AvgIpc) is 3.25. The summed E-state index contributed by atoms with van der Waals surface area (Å²) in [4.78, 5) is 14.9. The fourth-order valence-corrected chi connectivity index (χ4v) is 3.32. The number of hydrogen-bond acceptors (Lipinski definition) is 2. The van der Waals surface area contributed by atoms with Gasteiger partial charge in [0, 0.05) is 19.1 Å². The molecule has 0 aliphatic heterocycles. The summed E-state index contributed by atoms with van der Waals surface area (Å²) in [6, 6.07) is 10.3. The van der Waals surface area contributed by atoms with Crippen LogP contribution in [0.15, 0.2) is 30.3 Å². The Kier molecular flexibility index (Phi) is 4.48. The number of likely N-dealkylation sites (N-methyl/N-ethyl adjacent to an activating group) is 1. The molecule has 1 amide bonds. The van der Waals surface area contributed by atoms with E-state index < -0.39 is 0 Å². The van der Waals surface area contributed by atoms with Gasteiger partial charge in [-0.1, -0.05) is 37.3 Å². The largest absolute Gasteiger partial charge is 0.342 e. The van der Waals surface area contributed by atoms with Crippen LogP contribution < -0.4 is 5.73 Å². The molecule has 20 heavy (non-hydrogen) atoms. The normalized spacial score (nSPS) is 26.1. The van der Waals surface area contributed by atoms with Crippen molar-refractivity contribution in [3.05, 3.63) is 35.9 Å². The zero-order chi connectivity index (χ0) is 14.8. The molecule has 3 unspecified atom stereocenters. The summed E-state index contributed by atoms with van der Waals surface area (Å²) >= 11 is 0. The Morgan fingerprint density at radius 3 is 2.40 bits per heavy atom. The third-order valence-corrected chi connectivity index (χ3v) is 4.72. The van der Waals surface area contributed by atoms with Gasteiger partial charge in [-0.3, -0.25) is 4.79 Å². The van der Waals surface area contributed by atoms with E-state index in [0.29, 0.717) is 0 Å². The maximum absolute atomic E-state index is 13.0. The van der Waals surface area contributed by atoms with Gasteiger partial charge >= 0.3 is 0 Å². The minimum absolute atomic E-state index is 0.106. The Balaban J connectivity index is 2.35. The summed E-state index contributed by atoms with van der Waals surface area (Å²) in [6.07, 6.45) is 1.81. The second-order valence-corrected chi connectivity index (χ2v) is 5.70. The van der Waals surface area contributed by atoms with Crippen molar-refractivity contribution in [2.45, 2.75) is 45.1 Å². The van der Waals surface area contributed by atoms with Gasteiger partial charge in [0.25, 0.3) is 0 Å². The summed E-state index contributed by atoms with van der Waals surface area (Å²) in [5, 5.41) is 0. The summed E-state index contributed by atoms with van der Waals surface area (Å²) in [5.74, 6) is 0.533. The van der Waals surface area contributed by atoms with Gasteiger partial charge in [0.1, 0.15) is 0 Å². The molecule has 1 saturated carbocycles. The van der Waals surface area contributed by atoms with Crippen molar-refractivity contribution >= 4 is 5.91 Å². The van der Waals surface area contributed by atoms with Gasteiger partial charge in [-0.05, 0) is 38.2 Å². The molecule has 0 radical (unpaired) electrons. The van der Waals surface area contributed by atoms with Crippen LogP contribution in [-0.4, -0.2) is 29.9 Å². The number of benzene rings is 1. The zero-order valence-corrected chi connectivity index (χ0v) is 12.8. The molecule has 110 valence electrons. The van der Waals surface area contributed by atoms with Crippen LogP contribution in [0.1, 0.15) is 39.2 Å². The maximum atomic E-state index is 13.0. The molecule has 0 saturated heterocycles. The molecule has 0 bridgehead atoms. The second-order valence-electron chi connectivity index (χ2n) is 5.70. The third kappa shape index (κ3) is 2.35. The lowest BCUT2D eigenvalue weighted by atomic mass is 9.89. The Morgan fingerprint density at radius 2 is 1.90 bits per heavy atom. The van der Waals surface area contributed by atoms with Crippen molar-refractivity contribution in [3.8, 4) is 0 Å². The molecule has 0 aromatic heterocycles. The van der Waals surface area contributed by atoms with Gasteiger partial charge in [0.15, 0.2) is 0 Å². The van der Waals surface area contributed by atoms with Gasteiger partial charge in [0.05, 0.1) is 5.41 Å². The molecule has 3 heteroatoms. The standard InChI is InChI=1S/C17H26N2O/c1-4-15(18)14-12-17(14,13-10-8-7-9-11-13)16(20)19(5-2)6-3/h7-11,14-15H,4-6,12,18H2,1-3H3. The fourth-order valence-electron chi connectivity index (χ4n) is 3.32. The number of nitrogens with two attached hydrogens (primary N) is 1. The Bertz CT molecular complexity index is 455. The first kappa shape index (κ1) is 15.0.